The number of anilines is 1. The lowest BCUT2D eigenvalue weighted by atomic mass is 9.91. The van der Waals surface area contributed by atoms with Gasteiger partial charge in [0.05, 0.1) is 0 Å². The maximum atomic E-state index is 13.0. The monoisotopic (exact) mass is 395 g/mol. The van der Waals surface area contributed by atoms with Crippen molar-refractivity contribution >= 4 is 23.5 Å². The first-order valence-corrected chi connectivity index (χ1v) is 9.34. The first-order valence-electron chi connectivity index (χ1n) is 9.34. The van der Waals surface area contributed by atoms with E-state index in [-0.39, 0.29) is 13.3 Å². The second kappa shape index (κ2) is 7.12. The van der Waals surface area contributed by atoms with Gasteiger partial charge in [-0.05, 0) is 42.7 Å². The van der Waals surface area contributed by atoms with E-state index < -0.39 is 23.4 Å². The molecule has 2 heterocycles. The third kappa shape index (κ3) is 3.26. The highest BCUT2D eigenvalue weighted by Gasteiger charge is 2.49. The van der Waals surface area contributed by atoms with E-state index in [2.05, 4.69) is 10.6 Å². The Morgan fingerprint density at radius 2 is 1.93 bits per heavy atom. The van der Waals surface area contributed by atoms with Gasteiger partial charge in [0, 0.05) is 5.69 Å². The van der Waals surface area contributed by atoms with Crippen LogP contribution in [0.15, 0.2) is 42.5 Å². The molecule has 0 bridgehead atoms. The fourth-order valence-electron chi connectivity index (χ4n) is 3.53. The zero-order valence-electron chi connectivity index (χ0n) is 16.2. The van der Waals surface area contributed by atoms with E-state index in [9.17, 15) is 14.4 Å². The molecule has 29 heavy (non-hydrogen) atoms. The first kappa shape index (κ1) is 18.8. The van der Waals surface area contributed by atoms with Gasteiger partial charge in [0.1, 0.15) is 12.1 Å². The van der Waals surface area contributed by atoms with Crippen molar-refractivity contribution in [3.63, 3.8) is 0 Å². The normalized spacial score (nSPS) is 20.0. The van der Waals surface area contributed by atoms with Crippen molar-refractivity contribution in [3.8, 4) is 11.5 Å². The van der Waals surface area contributed by atoms with Crippen LogP contribution in [0.25, 0.3) is 0 Å². The molecule has 8 heteroatoms. The summed E-state index contributed by atoms with van der Waals surface area (Å²) in [5.74, 6) is 0.155. The molecule has 1 saturated heterocycles. The number of aryl methyl sites for hydroxylation is 1. The molecule has 0 radical (unpaired) electrons. The zero-order valence-corrected chi connectivity index (χ0v) is 16.2. The highest BCUT2D eigenvalue weighted by atomic mass is 16.7. The van der Waals surface area contributed by atoms with Gasteiger partial charge in [-0.3, -0.25) is 14.5 Å². The second-order valence-electron chi connectivity index (χ2n) is 7.07. The van der Waals surface area contributed by atoms with Gasteiger partial charge < -0.3 is 20.1 Å². The minimum absolute atomic E-state index is 0.112. The summed E-state index contributed by atoms with van der Waals surface area (Å²) in [6.45, 7) is 3.33. The van der Waals surface area contributed by atoms with Crippen LogP contribution in [0.3, 0.4) is 0 Å². The zero-order chi connectivity index (χ0) is 20.6. The van der Waals surface area contributed by atoms with Crippen LogP contribution in [0, 0.1) is 0 Å². The summed E-state index contributed by atoms with van der Waals surface area (Å²) >= 11 is 0. The summed E-state index contributed by atoms with van der Waals surface area (Å²) in [5.41, 5.74) is 0.910. The second-order valence-corrected chi connectivity index (χ2v) is 7.07. The van der Waals surface area contributed by atoms with Gasteiger partial charge in [0.25, 0.3) is 5.91 Å². The molecule has 0 unspecified atom stereocenters. The van der Waals surface area contributed by atoms with Crippen LogP contribution in [0.5, 0.6) is 11.5 Å². The number of carbonyl (C=O) groups excluding carboxylic acids is 3. The molecule has 0 spiro atoms. The number of hydrogen-bond acceptors (Lipinski definition) is 5. The van der Waals surface area contributed by atoms with Gasteiger partial charge in [-0.1, -0.05) is 31.2 Å². The Kier molecular flexibility index (Phi) is 4.62. The third-order valence-corrected chi connectivity index (χ3v) is 5.20. The lowest BCUT2D eigenvalue weighted by Crippen LogP contribution is -2.42. The average molecular weight is 395 g/mol. The van der Waals surface area contributed by atoms with Crippen molar-refractivity contribution in [2.75, 3.05) is 18.7 Å². The number of nitrogens with one attached hydrogen (secondary N) is 2. The van der Waals surface area contributed by atoms with E-state index in [0.717, 1.165) is 16.9 Å². The predicted molar refractivity (Wildman–Crippen MR) is 105 cm³/mol. The Bertz CT molecular complexity index is 1010. The number of para-hydroxylation sites is 1. The Labute approximate surface area is 167 Å². The van der Waals surface area contributed by atoms with Crippen molar-refractivity contribution in [2.45, 2.75) is 25.8 Å². The fourth-order valence-corrected chi connectivity index (χ4v) is 3.53. The number of fused-ring (bicyclic) bond motifs is 1. The van der Waals surface area contributed by atoms with Crippen molar-refractivity contribution < 1.29 is 23.9 Å². The van der Waals surface area contributed by atoms with E-state index in [1.54, 1.807) is 31.2 Å². The molecule has 2 aromatic carbocycles. The van der Waals surface area contributed by atoms with E-state index in [4.69, 9.17) is 9.47 Å². The van der Waals surface area contributed by atoms with Crippen LogP contribution in [0.1, 0.15) is 25.0 Å². The van der Waals surface area contributed by atoms with Crippen LogP contribution in [-0.2, 0) is 21.5 Å². The molecule has 0 aromatic heterocycles. The van der Waals surface area contributed by atoms with Gasteiger partial charge >= 0.3 is 6.03 Å². The lowest BCUT2D eigenvalue weighted by molar-refractivity contribution is -0.133. The molecule has 2 N–H and O–H groups in total. The Morgan fingerprint density at radius 3 is 2.72 bits per heavy atom. The fraction of sp³-hybridized carbons (Fsp3) is 0.286. The number of rotatable bonds is 5. The Hall–Kier alpha value is -3.55. The van der Waals surface area contributed by atoms with Crippen molar-refractivity contribution in [3.05, 3.63) is 53.6 Å². The number of ether oxygens (including phenoxy) is 2. The summed E-state index contributed by atoms with van der Waals surface area (Å²) in [6.07, 6.45) is 0.752. The molecule has 4 amide bonds. The number of carbonyl (C=O) groups is 3. The minimum Gasteiger partial charge on any atom is -0.454 e. The van der Waals surface area contributed by atoms with Crippen LogP contribution in [-0.4, -0.2) is 36.1 Å². The standard InChI is InChI=1S/C21H21N3O5/c1-3-13-6-4-5-7-15(13)22-18(25)11-24-19(26)21(2,23-20(24)27)14-8-9-16-17(10-14)29-12-28-16/h4-10H,3,11-12H2,1-2H3,(H,22,25)(H,23,27)/t21-/m1/s1. The molecule has 150 valence electrons. The maximum Gasteiger partial charge on any atom is 0.325 e. The number of benzene rings is 2. The topological polar surface area (TPSA) is 97.0 Å². The molecule has 0 saturated carbocycles. The summed E-state index contributed by atoms with van der Waals surface area (Å²) in [6, 6.07) is 11.9. The van der Waals surface area contributed by atoms with Crippen LogP contribution < -0.4 is 20.1 Å². The molecule has 8 nitrogen and oxygen atoms in total. The summed E-state index contributed by atoms with van der Waals surface area (Å²) < 4.78 is 10.6. The third-order valence-electron chi connectivity index (χ3n) is 5.20. The molecular weight excluding hydrogens is 374 g/mol. The summed E-state index contributed by atoms with van der Waals surface area (Å²) in [4.78, 5) is 38.9. The molecule has 0 aliphatic carbocycles. The highest BCUT2D eigenvalue weighted by molar-refractivity contribution is 6.10. The molecular formula is C21H21N3O5. The minimum atomic E-state index is -1.29. The SMILES string of the molecule is CCc1ccccc1NC(=O)CN1C(=O)N[C@](C)(c2ccc3c(c2)OCO3)C1=O. The summed E-state index contributed by atoms with van der Waals surface area (Å²) in [5, 5.41) is 5.47. The Balaban J connectivity index is 1.51. The van der Waals surface area contributed by atoms with E-state index in [1.165, 1.54) is 0 Å². The molecule has 1 fully saturated rings. The van der Waals surface area contributed by atoms with E-state index in [0.29, 0.717) is 22.7 Å². The summed E-state index contributed by atoms with van der Waals surface area (Å²) in [7, 11) is 0. The highest BCUT2D eigenvalue weighted by Crippen LogP contribution is 2.37. The van der Waals surface area contributed by atoms with Gasteiger partial charge in [-0.25, -0.2) is 4.79 Å². The first-order chi connectivity index (χ1) is 13.9. The number of nitrogens with zero attached hydrogens (tertiary/aromatic N) is 1. The molecule has 2 aromatic rings. The Morgan fingerprint density at radius 1 is 1.17 bits per heavy atom. The van der Waals surface area contributed by atoms with Gasteiger partial charge in [-0.15, -0.1) is 0 Å². The smallest absolute Gasteiger partial charge is 0.325 e. The molecule has 4 rings (SSSR count). The number of urea groups is 1. The number of amides is 4. The number of imide groups is 1. The van der Waals surface area contributed by atoms with Gasteiger partial charge in [-0.2, -0.15) is 0 Å². The van der Waals surface area contributed by atoms with E-state index in [1.807, 2.05) is 25.1 Å². The molecule has 2 aliphatic heterocycles. The van der Waals surface area contributed by atoms with Crippen LogP contribution in [0.4, 0.5) is 10.5 Å². The maximum absolute atomic E-state index is 13.0. The van der Waals surface area contributed by atoms with Crippen molar-refractivity contribution in [1.82, 2.24) is 10.2 Å². The van der Waals surface area contributed by atoms with Gasteiger partial charge in [0.2, 0.25) is 12.7 Å². The molecule has 2 aliphatic rings. The predicted octanol–water partition coefficient (Wildman–Crippen LogP) is 2.38. The van der Waals surface area contributed by atoms with Gasteiger partial charge in [0.15, 0.2) is 11.5 Å². The lowest BCUT2D eigenvalue weighted by Gasteiger charge is -2.22. The quantitative estimate of drug-likeness (QED) is 0.758. The average Bonchev–Trinajstić information content (AvgIpc) is 3.27. The van der Waals surface area contributed by atoms with Crippen LogP contribution >= 0.6 is 0 Å². The van der Waals surface area contributed by atoms with Crippen molar-refractivity contribution in [2.24, 2.45) is 0 Å². The number of hydrogen-bond donors (Lipinski definition) is 2. The molecule has 1 atom stereocenters. The van der Waals surface area contributed by atoms with Crippen LogP contribution in [0.2, 0.25) is 0 Å². The van der Waals surface area contributed by atoms with E-state index >= 15 is 0 Å². The van der Waals surface area contributed by atoms with Crippen molar-refractivity contribution in [1.29, 1.82) is 0 Å². The largest absolute Gasteiger partial charge is 0.454 e.